The Morgan fingerprint density at radius 1 is 1.10 bits per heavy atom. The summed E-state index contributed by atoms with van der Waals surface area (Å²) in [5.74, 6) is -0.615. The van der Waals surface area contributed by atoms with Crippen molar-refractivity contribution in [2.75, 3.05) is 19.6 Å². The molecule has 1 aliphatic carbocycles. The van der Waals surface area contributed by atoms with Crippen molar-refractivity contribution in [1.82, 2.24) is 19.8 Å². The summed E-state index contributed by atoms with van der Waals surface area (Å²) in [6, 6.07) is 0.486. The summed E-state index contributed by atoms with van der Waals surface area (Å²) in [5.41, 5.74) is 0.805. The highest BCUT2D eigenvalue weighted by Crippen LogP contribution is 2.25. The Balaban J connectivity index is 0.000000339. The average molecular weight is 444 g/mol. The standard InChI is InChI=1S/C19H30N4O.C2HF3O2/c24-19(22-10-4-1-5-11-22)17-13-21-18-9-8-16(14-23(17)18)20-12-15-6-2-3-7-15;3-2(4,5)1(6)7/h13,15-16,20H,1-12,14H2;(H,6,7). The van der Waals surface area contributed by atoms with Gasteiger partial charge in [0.25, 0.3) is 5.91 Å². The summed E-state index contributed by atoms with van der Waals surface area (Å²) < 4.78 is 33.9. The molecule has 2 fully saturated rings. The third-order valence-corrected chi connectivity index (χ3v) is 6.33. The van der Waals surface area contributed by atoms with Gasteiger partial charge in [-0.05, 0) is 51.0 Å². The second kappa shape index (κ2) is 10.5. The molecule has 0 aromatic carbocycles. The second-order valence-corrected chi connectivity index (χ2v) is 8.62. The molecule has 1 unspecified atom stereocenters. The smallest absolute Gasteiger partial charge is 0.475 e. The summed E-state index contributed by atoms with van der Waals surface area (Å²) in [5, 5.41) is 10.9. The number of rotatable bonds is 4. The first-order valence-electron chi connectivity index (χ1n) is 11.1. The van der Waals surface area contributed by atoms with E-state index in [9.17, 15) is 18.0 Å². The molecule has 3 heterocycles. The number of aliphatic carboxylic acids is 1. The van der Waals surface area contributed by atoms with Crippen LogP contribution >= 0.6 is 0 Å². The van der Waals surface area contributed by atoms with E-state index in [2.05, 4.69) is 14.9 Å². The van der Waals surface area contributed by atoms with Crippen molar-refractivity contribution < 1.29 is 27.9 Å². The van der Waals surface area contributed by atoms with Gasteiger partial charge in [-0.1, -0.05) is 12.8 Å². The van der Waals surface area contributed by atoms with Gasteiger partial charge in [-0.25, -0.2) is 9.78 Å². The van der Waals surface area contributed by atoms with E-state index in [0.29, 0.717) is 6.04 Å². The van der Waals surface area contributed by atoms with Gasteiger partial charge in [-0.2, -0.15) is 13.2 Å². The lowest BCUT2D eigenvalue weighted by Gasteiger charge is -2.30. The molecule has 1 aromatic heterocycles. The van der Waals surface area contributed by atoms with E-state index in [1.807, 2.05) is 11.1 Å². The van der Waals surface area contributed by atoms with Crippen molar-refractivity contribution in [3.05, 3.63) is 17.7 Å². The van der Waals surface area contributed by atoms with Crippen LogP contribution in [0.1, 0.15) is 67.7 Å². The zero-order chi connectivity index (χ0) is 22.4. The summed E-state index contributed by atoms with van der Waals surface area (Å²) in [6.07, 6.45) is 7.94. The number of piperidine rings is 1. The number of imidazole rings is 1. The van der Waals surface area contributed by atoms with E-state index in [0.717, 1.165) is 69.3 Å². The first-order valence-corrected chi connectivity index (χ1v) is 11.1. The number of fused-ring (bicyclic) bond motifs is 1. The Bertz CT molecular complexity index is 754. The van der Waals surface area contributed by atoms with Gasteiger partial charge in [0.05, 0.1) is 6.20 Å². The lowest BCUT2D eigenvalue weighted by atomic mass is 10.0. The van der Waals surface area contributed by atoms with Gasteiger partial charge < -0.3 is 19.9 Å². The zero-order valence-electron chi connectivity index (χ0n) is 17.7. The maximum absolute atomic E-state index is 12.9. The maximum Gasteiger partial charge on any atom is 0.490 e. The maximum atomic E-state index is 12.9. The SMILES string of the molecule is O=C(O)C(F)(F)F.O=C(c1cnc2n1CC(NCC1CCCC1)CC2)N1CCCCC1. The van der Waals surface area contributed by atoms with E-state index in [-0.39, 0.29) is 5.91 Å². The number of aromatic nitrogens is 2. The molecule has 1 atom stereocenters. The lowest BCUT2D eigenvalue weighted by Crippen LogP contribution is -2.42. The first-order chi connectivity index (χ1) is 14.8. The Hall–Kier alpha value is -2.10. The predicted octanol–water partition coefficient (Wildman–Crippen LogP) is 3.24. The molecular weight excluding hydrogens is 413 g/mol. The van der Waals surface area contributed by atoms with Gasteiger partial charge in [-0.15, -0.1) is 0 Å². The number of amides is 1. The molecule has 3 aliphatic rings. The highest BCUT2D eigenvalue weighted by molar-refractivity contribution is 5.92. The average Bonchev–Trinajstić information content (AvgIpc) is 3.41. The lowest BCUT2D eigenvalue weighted by molar-refractivity contribution is -0.192. The molecule has 2 aliphatic heterocycles. The number of carboxylic acids is 1. The number of nitrogens with one attached hydrogen (secondary N) is 1. The van der Waals surface area contributed by atoms with Gasteiger partial charge in [-0.3, -0.25) is 4.79 Å². The number of halogens is 3. The summed E-state index contributed by atoms with van der Waals surface area (Å²) in [6.45, 7) is 3.85. The quantitative estimate of drug-likeness (QED) is 0.745. The number of aryl methyl sites for hydroxylation is 1. The van der Waals surface area contributed by atoms with Crippen LogP contribution in [0.15, 0.2) is 6.20 Å². The molecule has 1 saturated carbocycles. The Morgan fingerprint density at radius 2 is 1.74 bits per heavy atom. The van der Waals surface area contributed by atoms with Gasteiger partial charge >= 0.3 is 12.1 Å². The van der Waals surface area contributed by atoms with Crippen LogP contribution in [-0.2, 0) is 17.8 Å². The monoisotopic (exact) mass is 444 g/mol. The van der Waals surface area contributed by atoms with Crippen molar-refractivity contribution in [1.29, 1.82) is 0 Å². The molecule has 0 spiro atoms. The number of hydrogen-bond donors (Lipinski definition) is 2. The molecule has 7 nitrogen and oxygen atoms in total. The third kappa shape index (κ3) is 6.44. The van der Waals surface area contributed by atoms with Crippen LogP contribution in [0.5, 0.6) is 0 Å². The number of alkyl halides is 3. The Labute approximate surface area is 180 Å². The largest absolute Gasteiger partial charge is 0.490 e. The molecule has 1 aromatic rings. The van der Waals surface area contributed by atoms with E-state index in [1.54, 1.807) is 0 Å². The molecule has 1 amide bonds. The topological polar surface area (TPSA) is 87.5 Å². The molecule has 0 bridgehead atoms. The van der Waals surface area contributed by atoms with E-state index in [1.165, 1.54) is 32.1 Å². The van der Waals surface area contributed by atoms with Crippen molar-refractivity contribution in [3.8, 4) is 0 Å². The number of carbonyl (C=O) groups is 2. The summed E-state index contributed by atoms with van der Waals surface area (Å²) in [7, 11) is 0. The fourth-order valence-electron chi connectivity index (χ4n) is 4.58. The van der Waals surface area contributed by atoms with Crippen LogP contribution in [0, 0.1) is 5.92 Å². The molecule has 10 heteroatoms. The predicted molar refractivity (Wildman–Crippen MR) is 108 cm³/mol. The van der Waals surface area contributed by atoms with Crippen LogP contribution < -0.4 is 5.32 Å². The molecule has 1 saturated heterocycles. The van der Waals surface area contributed by atoms with E-state index < -0.39 is 12.1 Å². The van der Waals surface area contributed by atoms with Crippen molar-refractivity contribution in [3.63, 3.8) is 0 Å². The fraction of sp³-hybridized carbons (Fsp3) is 0.762. The number of hydrogen-bond acceptors (Lipinski definition) is 4. The van der Waals surface area contributed by atoms with Crippen LogP contribution in [0.4, 0.5) is 13.2 Å². The zero-order valence-corrected chi connectivity index (χ0v) is 17.7. The Morgan fingerprint density at radius 3 is 2.35 bits per heavy atom. The molecule has 31 heavy (non-hydrogen) atoms. The molecule has 174 valence electrons. The third-order valence-electron chi connectivity index (χ3n) is 6.33. The van der Waals surface area contributed by atoms with Crippen LogP contribution in [-0.4, -0.2) is 63.3 Å². The van der Waals surface area contributed by atoms with Crippen LogP contribution in [0.3, 0.4) is 0 Å². The number of carboxylic acid groups (broad SMARTS) is 1. The molecule has 4 rings (SSSR count). The van der Waals surface area contributed by atoms with Crippen LogP contribution in [0.2, 0.25) is 0 Å². The first kappa shape index (κ1) is 23.6. The van der Waals surface area contributed by atoms with Crippen LogP contribution in [0.25, 0.3) is 0 Å². The van der Waals surface area contributed by atoms with Crippen molar-refractivity contribution in [2.24, 2.45) is 5.92 Å². The molecular formula is C21H31F3N4O3. The summed E-state index contributed by atoms with van der Waals surface area (Å²) in [4.78, 5) is 28.3. The number of likely N-dealkylation sites (tertiary alicyclic amines) is 1. The van der Waals surface area contributed by atoms with Gasteiger partial charge in [0.15, 0.2) is 0 Å². The van der Waals surface area contributed by atoms with E-state index in [4.69, 9.17) is 9.90 Å². The van der Waals surface area contributed by atoms with Gasteiger partial charge in [0.2, 0.25) is 0 Å². The Kier molecular flexibility index (Phi) is 7.96. The minimum Gasteiger partial charge on any atom is -0.475 e. The fourth-order valence-corrected chi connectivity index (χ4v) is 4.58. The van der Waals surface area contributed by atoms with Crippen molar-refractivity contribution in [2.45, 2.75) is 76.6 Å². The molecule has 0 radical (unpaired) electrons. The minimum atomic E-state index is -5.08. The summed E-state index contributed by atoms with van der Waals surface area (Å²) >= 11 is 0. The highest BCUT2D eigenvalue weighted by atomic mass is 19.4. The molecule has 2 N–H and O–H groups in total. The highest BCUT2D eigenvalue weighted by Gasteiger charge is 2.38. The second-order valence-electron chi connectivity index (χ2n) is 8.62. The number of carbonyl (C=O) groups excluding carboxylic acids is 1. The van der Waals surface area contributed by atoms with Gasteiger partial charge in [0, 0.05) is 32.1 Å². The number of nitrogens with zero attached hydrogens (tertiary/aromatic N) is 3. The van der Waals surface area contributed by atoms with Gasteiger partial charge in [0.1, 0.15) is 11.5 Å². The van der Waals surface area contributed by atoms with Crippen molar-refractivity contribution >= 4 is 11.9 Å². The minimum absolute atomic E-state index is 0.185. The van der Waals surface area contributed by atoms with E-state index >= 15 is 0 Å². The normalized spacial score (nSPS) is 21.9.